The Hall–Kier alpha value is -1.91. The first kappa shape index (κ1) is 15.0. The summed E-state index contributed by atoms with van der Waals surface area (Å²) in [4.78, 5) is 4.29. The van der Waals surface area contributed by atoms with Gasteiger partial charge in [0.15, 0.2) is 0 Å². The summed E-state index contributed by atoms with van der Waals surface area (Å²) in [6, 6.07) is 10.9. The van der Waals surface area contributed by atoms with Gasteiger partial charge in [0.25, 0.3) is 0 Å². The molecule has 2 N–H and O–H groups in total. The molecule has 2 heterocycles. The van der Waals surface area contributed by atoms with Crippen LogP contribution in [0.25, 0.3) is 11.1 Å². The summed E-state index contributed by atoms with van der Waals surface area (Å²) in [5, 5.41) is 12.3. The molecule has 0 bridgehead atoms. The highest BCUT2D eigenvalue weighted by Gasteiger charge is 2.16. The minimum absolute atomic E-state index is 0.226. The third-order valence-corrected chi connectivity index (χ3v) is 3.97. The number of rotatable bonds is 7. The number of hydrogen-bond acceptors (Lipinski definition) is 4. The summed E-state index contributed by atoms with van der Waals surface area (Å²) < 4.78 is 5.81. The minimum atomic E-state index is 0.226. The van der Waals surface area contributed by atoms with Crippen molar-refractivity contribution in [2.45, 2.75) is 25.3 Å². The molecule has 0 radical (unpaired) electrons. The number of benzene rings is 1. The Morgan fingerprint density at radius 1 is 1.23 bits per heavy atom. The molecule has 0 amide bonds. The smallest absolute Gasteiger partial charge is 0.138 e. The van der Waals surface area contributed by atoms with Crippen molar-refractivity contribution in [1.29, 1.82) is 0 Å². The number of ether oxygens (including phenoxy) is 1. The molecule has 1 aromatic carbocycles. The van der Waals surface area contributed by atoms with Crippen LogP contribution in [0.3, 0.4) is 0 Å². The predicted octanol–water partition coefficient (Wildman–Crippen LogP) is 2.41. The highest BCUT2D eigenvalue weighted by molar-refractivity contribution is 5.64. The lowest BCUT2D eigenvalue weighted by Crippen LogP contribution is -2.46. The second-order valence-corrected chi connectivity index (χ2v) is 5.69. The van der Waals surface area contributed by atoms with E-state index in [0.717, 1.165) is 36.3 Å². The summed E-state index contributed by atoms with van der Waals surface area (Å²) >= 11 is 0. The molecule has 0 aliphatic carbocycles. The molecule has 3 rings (SSSR count). The van der Waals surface area contributed by atoms with Gasteiger partial charge in [0.2, 0.25) is 0 Å². The van der Waals surface area contributed by atoms with Gasteiger partial charge in [-0.2, -0.15) is 0 Å². The second-order valence-electron chi connectivity index (χ2n) is 5.69. The molecule has 1 aliphatic rings. The molecular formula is C18H22N2O2. The lowest BCUT2D eigenvalue weighted by Gasteiger charge is -2.27. The van der Waals surface area contributed by atoms with E-state index in [1.807, 2.05) is 18.3 Å². The molecule has 0 spiro atoms. The van der Waals surface area contributed by atoms with Gasteiger partial charge in [0.05, 0.1) is 6.20 Å². The van der Waals surface area contributed by atoms with Gasteiger partial charge in [-0.1, -0.05) is 24.3 Å². The van der Waals surface area contributed by atoms with Crippen molar-refractivity contribution in [1.82, 2.24) is 10.3 Å². The summed E-state index contributed by atoms with van der Waals surface area (Å²) in [6.07, 6.45) is 6.48. The van der Waals surface area contributed by atoms with Crippen LogP contribution in [0, 0.1) is 0 Å². The molecule has 1 aliphatic heterocycles. The highest BCUT2D eigenvalue weighted by Crippen LogP contribution is 2.24. The maximum absolute atomic E-state index is 8.95. The van der Waals surface area contributed by atoms with Gasteiger partial charge >= 0.3 is 0 Å². The zero-order valence-corrected chi connectivity index (χ0v) is 12.7. The summed E-state index contributed by atoms with van der Waals surface area (Å²) in [6.45, 7) is 2.01. The maximum atomic E-state index is 8.95. The highest BCUT2D eigenvalue weighted by atomic mass is 16.5. The van der Waals surface area contributed by atoms with Gasteiger partial charge < -0.3 is 15.2 Å². The number of hydrogen-bond donors (Lipinski definition) is 2. The second kappa shape index (κ2) is 7.38. The number of aryl methyl sites for hydroxylation is 1. The van der Waals surface area contributed by atoms with E-state index in [4.69, 9.17) is 9.84 Å². The maximum Gasteiger partial charge on any atom is 0.138 e. The monoisotopic (exact) mass is 298 g/mol. The Morgan fingerprint density at radius 3 is 2.91 bits per heavy atom. The fourth-order valence-corrected chi connectivity index (χ4v) is 2.53. The predicted molar refractivity (Wildman–Crippen MR) is 87.0 cm³/mol. The van der Waals surface area contributed by atoms with Crippen molar-refractivity contribution in [3.8, 4) is 16.9 Å². The van der Waals surface area contributed by atoms with Crippen molar-refractivity contribution >= 4 is 0 Å². The molecule has 1 saturated heterocycles. The van der Waals surface area contributed by atoms with E-state index in [-0.39, 0.29) is 6.61 Å². The quantitative estimate of drug-likeness (QED) is 0.824. The Morgan fingerprint density at radius 2 is 2.14 bits per heavy atom. The molecule has 0 saturated carbocycles. The lowest BCUT2D eigenvalue weighted by atomic mass is 10.0. The van der Waals surface area contributed by atoms with E-state index >= 15 is 0 Å². The summed E-state index contributed by atoms with van der Waals surface area (Å²) in [5.74, 6) is 0.812. The van der Waals surface area contributed by atoms with Crippen molar-refractivity contribution in [3.05, 3.63) is 48.3 Å². The molecule has 4 heteroatoms. The number of aliphatic hydroxyl groups excluding tert-OH is 1. The van der Waals surface area contributed by atoms with E-state index in [2.05, 4.69) is 28.5 Å². The van der Waals surface area contributed by atoms with Crippen LogP contribution < -0.4 is 10.1 Å². The van der Waals surface area contributed by atoms with Gasteiger partial charge in [-0.25, -0.2) is 0 Å². The van der Waals surface area contributed by atoms with Crippen LogP contribution in [0.4, 0.5) is 0 Å². The van der Waals surface area contributed by atoms with Crippen LogP contribution in [-0.4, -0.2) is 35.9 Å². The van der Waals surface area contributed by atoms with Crippen molar-refractivity contribution < 1.29 is 9.84 Å². The Kier molecular flexibility index (Phi) is 5.03. The Bertz CT molecular complexity index is 612. The molecule has 1 fully saturated rings. The van der Waals surface area contributed by atoms with Gasteiger partial charge in [0.1, 0.15) is 12.4 Å². The fourth-order valence-electron chi connectivity index (χ4n) is 2.53. The molecule has 22 heavy (non-hydrogen) atoms. The normalized spacial score (nSPS) is 17.0. The summed E-state index contributed by atoms with van der Waals surface area (Å²) in [5.41, 5.74) is 3.43. The zero-order valence-electron chi connectivity index (χ0n) is 12.7. The van der Waals surface area contributed by atoms with Crippen LogP contribution in [-0.2, 0) is 6.42 Å². The van der Waals surface area contributed by atoms with Crippen LogP contribution >= 0.6 is 0 Å². The van der Waals surface area contributed by atoms with Crippen LogP contribution in [0.15, 0.2) is 42.7 Å². The first-order chi connectivity index (χ1) is 10.8. The third-order valence-electron chi connectivity index (χ3n) is 3.97. The zero-order chi connectivity index (χ0) is 15.2. The topological polar surface area (TPSA) is 54.4 Å². The SMILES string of the molecule is OCCCc1cccc(-c2cncc(OC[C@H]3CCN3)c2)c1. The largest absolute Gasteiger partial charge is 0.490 e. The first-order valence-electron chi connectivity index (χ1n) is 7.86. The molecule has 2 aromatic rings. The van der Waals surface area contributed by atoms with Gasteiger partial charge in [0, 0.05) is 24.4 Å². The number of aromatic nitrogens is 1. The van der Waals surface area contributed by atoms with E-state index in [1.54, 1.807) is 6.20 Å². The standard InChI is InChI=1S/C18H22N2O2/c21-8-2-4-14-3-1-5-15(9-14)16-10-18(12-19-11-16)22-13-17-6-7-20-17/h1,3,5,9-12,17,20-21H,2,4,6-8,13H2/t17-/m1/s1. The van der Waals surface area contributed by atoms with E-state index in [0.29, 0.717) is 12.6 Å². The Balaban J connectivity index is 1.70. The average molecular weight is 298 g/mol. The van der Waals surface area contributed by atoms with Gasteiger partial charge in [-0.05, 0) is 43.0 Å². The number of pyridine rings is 1. The molecule has 1 aromatic heterocycles. The molecule has 1 atom stereocenters. The van der Waals surface area contributed by atoms with Gasteiger partial charge in [-0.3, -0.25) is 4.98 Å². The molecule has 4 nitrogen and oxygen atoms in total. The first-order valence-corrected chi connectivity index (χ1v) is 7.86. The molecule has 116 valence electrons. The van der Waals surface area contributed by atoms with Gasteiger partial charge in [-0.15, -0.1) is 0 Å². The molecular weight excluding hydrogens is 276 g/mol. The number of nitrogens with one attached hydrogen (secondary N) is 1. The average Bonchev–Trinajstić information content (AvgIpc) is 2.52. The third kappa shape index (κ3) is 3.84. The van der Waals surface area contributed by atoms with Crippen LogP contribution in [0.2, 0.25) is 0 Å². The van der Waals surface area contributed by atoms with E-state index in [1.165, 1.54) is 12.0 Å². The van der Waals surface area contributed by atoms with Crippen molar-refractivity contribution in [2.75, 3.05) is 19.8 Å². The Labute approximate surface area is 131 Å². The van der Waals surface area contributed by atoms with Crippen molar-refractivity contribution in [3.63, 3.8) is 0 Å². The van der Waals surface area contributed by atoms with Crippen molar-refractivity contribution in [2.24, 2.45) is 0 Å². The summed E-state index contributed by atoms with van der Waals surface area (Å²) in [7, 11) is 0. The minimum Gasteiger partial charge on any atom is -0.490 e. The van der Waals surface area contributed by atoms with E-state index in [9.17, 15) is 0 Å². The van der Waals surface area contributed by atoms with Crippen LogP contribution in [0.1, 0.15) is 18.4 Å². The van der Waals surface area contributed by atoms with Crippen LogP contribution in [0.5, 0.6) is 5.75 Å². The number of nitrogens with zero attached hydrogens (tertiary/aromatic N) is 1. The lowest BCUT2D eigenvalue weighted by molar-refractivity contribution is 0.217. The number of aliphatic hydroxyl groups is 1. The molecule has 0 unspecified atom stereocenters. The van der Waals surface area contributed by atoms with E-state index < -0.39 is 0 Å². The fraction of sp³-hybridized carbons (Fsp3) is 0.389.